The van der Waals surface area contributed by atoms with Crippen LogP contribution in [-0.4, -0.2) is 65.0 Å². The number of likely N-dealkylation sites (tertiary alicyclic amines) is 2. The molecular weight excluding hydrogens is 368 g/mol. The topological polar surface area (TPSA) is 74.8 Å². The van der Waals surface area contributed by atoms with Crippen molar-refractivity contribution in [3.8, 4) is 5.88 Å². The first-order chi connectivity index (χ1) is 14.2. The Hall–Kier alpha value is -2.31. The van der Waals surface area contributed by atoms with Crippen LogP contribution in [0.4, 0.5) is 4.79 Å². The SMILES string of the molecule is O=C(NC1CCCCC1)N1CCC(Oc2ncccc2C(=O)N2CCCCC2)C1. The van der Waals surface area contributed by atoms with E-state index in [4.69, 9.17) is 4.74 Å². The summed E-state index contributed by atoms with van der Waals surface area (Å²) >= 11 is 0. The normalized spacial score (nSPS) is 23.1. The molecule has 1 aromatic heterocycles. The summed E-state index contributed by atoms with van der Waals surface area (Å²) in [4.78, 5) is 33.6. The number of carbonyl (C=O) groups excluding carboxylic acids is 2. The van der Waals surface area contributed by atoms with Gasteiger partial charge in [-0.3, -0.25) is 4.79 Å². The van der Waals surface area contributed by atoms with Gasteiger partial charge < -0.3 is 19.9 Å². The van der Waals surface area contributed by atoms with Gasteiger partial charge in [-0.1, -0.05) is 19.3 Å². The molecule has 7 heteroatoms. The number of pyridine rings is 1. The predicted octanol–water partition coefficient (Wildman–Crippen LogP) is 3.20. The maximum absolute atomic E-state index is 12.9. The molecule has 0 aromatic carbocycles. The highest BCUT2D eigenvalue weighted by atomic mass is 16.5. The minimum atomic E-state index is -0.130. The molecule has 158 valence electrons. The van der Waals surface area contributed by atoms with E-state index in [1.807, 2.05) is 9.80 Å². The molecule has 4 rings (SSSR count). The van der Waals surface area contributed by atoms with Gasteiger partial charge in [0.25, 0.3) is 5.91 Å². The third-order valence-electron chi connectivity index (χ3n) is 6.29. The summed E-state index contributed by atoms with van der Waals surface area (Å²) in [5.74, 6) is 0.389. The summed E-state index contributed by atoms with van der Waals surface area (Å²) in [6.45, 7) is 2.80. The molecule has 1 saturated carbocycles. The Kier molecular flexibility index (Phi) is 6.52. The van der Waals surface area contributed by atoms with Crippen LogP contribution in [0.3, 0.4) is 0 Å². The summed E-state index contributed by atoms with van der Waals surface area (Å²) in [6, 6.07) is 3.89. The van der Waals surface area contributed by atoms with E-state index in [9.17, 15) is 9.59 Å². The molecule has 3 amide bonds. The van der Waals surface area contributed by atoms with Gasteiger partial charge in [-0.25, -0.2) is 9.78 Å². The van der Waals surface area contributed by atoms with E-state index in [1.165, 1.54) is 25.7 Å². The Bertz CT molecular complexity index is 714. The maximum atomic E-state index is 12.9. The average Bonchev–Trinajstić information content (AvgIpc) is 3.24. The molecule has 3 heterocycles. The van der Waals surface area contributed by atoms with Crippen LogP contribution in [0.5, 0.6) is 5.88 Å². The minimum Gasteiger partial charge on any atom is -0.472 e. The molecule has 1 N–H and O–H groups in total. The van der Waals surface area contributed by atoms with E-state index in [0.29, 0.717) is 30.6 Å². The number of rotatable bonds is 4. The standard InChI is InChI=1S/C22H32N4O3/c27-21(25-13-5-2-6-14-25)19-10-7-12-23-20(19)29-18-11-15-26(16-18)22(28)24-17-8-3-1-4-9-17/h7,10,12,17-18H,1-6,8-9,11,13-16H2,(H,24,28). The summed E-state index contributed by atoms with van der Waals surface area (Å²) < 4.78 is 6.11. The zero-order valence-corrected chi connectivity index (χ0v) is 17.1. The van der Waals surface area contributed by atoms with Crippen molar-refractivity contribution >= 4 is 11.9 Å². The first-order valence-corrected chi connectivity index (χ1v) is 11.2. The number of nitrogens with zero attached hydrogens (tertiary/aromatic N) is 3. The lowest BCUT2D eigenvalue weighted by atomic mass is 9.96. The van der Waals surface area contributed by atoms with Gasteiger partial charge in [-0.15, -0.1) is 0 Å². The second-order valence-corrected chi connectivity index (χ2v) is 8.47. The van der Waals surface area contributed by atoms with E-state index < -0.39 is 0 Å². The van der Waals surface area contributed by atoms with Crippen molar-refractivity contribution in [1.82, 2.24) is 20.1 Å². The van der Waals surface area contributed by atoms with Crippen LogP contribution in [0.25, 0.3) is 0 Å². The van der Waals surface area contributed by atoms with Crippen LogP contribution in [0.2, 0.25) is 0 Å². The fraction of sp³-hybridized carbons (Fsp3) is 0.682. The van der Waals surface area contributed by atoms with Gasteiger partial charge in [-0.2, -0.15) is 0 Å². The zero-order valence-electron chi connectivity index (χ0n) is 17.1. The largest absolute Gasteiger partial charge is 0.472 e. The zero-order chi connectivity index (χ0) is 20.1. The summed E-state index contributed by atoms with van der Waals surface area (Å²) in [6.07, 6.45) is 11.4. The quantitative estimate of drug-likeness (QED) is 0.842. The number of aromatic nitrogens is 1. The van der Waals surface area contributed by atoms with Gasteiger partial charge in [0.2, 0.25) is 5.88 Å². The summed E-state index contributed by atoms with van der Waals surface area (Å²) in [5.41, 5.74) is 0.527. The van der Waals surface area contributed by atoms with Crippen LogP contribution < -0.4 is 10.1 Å². The van der Waals surface area contributed by atoms with Gasteiger partial charge >= 0.3 is 6.03 Å². The van der Waals surface area contributed by atoms with E-state index in [1.54, 1.807) is 18.3 Å². The Morgan fingerprint density at radius 3 is 2.52 bits per heavy atom. The van der Waals surface area contributed by atoms with E-state index in [2.05, 4.69) is 10.3 Å². The van der Waals surface area contributed by atoms with Crippen molar-refractivity contribution in [3.05, 3.63) is 23.9 Å². The van der Waals surface area contributed by atoms with Crippen molar-refractivity contribution < 1.29 is 14.3 Å². The molecule has 2 saturated heterocycles. The lowest BCUT2D eigenvalue weighted by molar-refractivity contribution is 0.0715. The number of hydrogen-bond acceptors (Lipinski definition) is 4. The molecular formula is C22H32N4O3. The molecule has 3 aliphatic rings. The molecule has 3 fully saturated rings. The Labute approximate surface area is 172 Å². The smallest absolute Gasteiger partial charge is 0.317 e. The fourth-order valence-corrected chi connectivity index (χ4v) is 4.59. The fourth-order valence-electron chi connectivity index (χ4n) is 4.59. The highest BCUT2D eigenvalue weighted by molar-refractivity contribution is 5.96. The Balaban J connectivity index is 1.34. The predicted molar refractivity (Wildman–Crippen MR) is 110 cm³/mol. The number of piperidine rings is 1. The van der Waals surface area contributed by atoms with Crippen molar-refractivity contribution in [2.24, 2.45) is 0 Å². The lowest BCUT2D eigenvalue weighted by Crippen LogP contribution is -2.45. The second kappa shape index (κ2) is 9.46. The molecule has 0 radical (unpaired) electrons. The number of carbonyl (C=O) groups is 2. The van der Waals surface area contributed by atoms with E-state index in [0.717, 1.165) is 45.2 Å². The summed E-state index contributed by atoms with van der Waals surface area (Å²) in [5, 5.41) is 3.17. The maximum Gasteiger partial charge on any atom is 0.317 e. The van der Waals surface area contributed by atoms with Crippen LogP contribution in [-0.2, 0) is 0 Å². The Morgan fingerprint density at radius 1 is 0.966 bits per heavy atom. The van der Waals surface area contributed by atoms with Crippen LogP contribution >= 0.6 is 0 Å². The summed E-state index contributed by atoms with van der Waals surface area (Å²) in [7, 11) is 0. The Morgan fingerprint density at radius 2 is 1.72 bits per heavy atom. The molecule has 1 unspecified atom stereocenters. The van der Waals surface area contributed by atoms with Crippen LogP contribution in [0.1, 0.15) is 68.1 Å². The molecule has 1 atom stereocenters. The number of hydrogen-bond donors (Lipinski definition) is 1. The molecule has 2 aliphatic heterocycles. The molecule has 29 heavy (non-hydrogen) atoms. The van der Waals surface area contributed by atoms with Gasteiger partial charge in [0.1, 0.15) is 11.7 Å². The first-order valence-electron chi connectivity index (χ1n) is 11.2. The minimum absolute atomic E-state index is 0.00213. The van der Waals surface area contributed by atoms with Crippen LogP contribution in [0, 0.1) is 0 Å². The van der Waals surface area contributed by atoms with Crippen molar-refractivity contribution in [2.75, 3.05) is 26.2 Å². The number of nitrogens with one attached hydrogen (secondary N) is 1. The van der Waals surface area contributed by atoms with Crippen molar-refractivity contribution in [3.63, 3.8) is 0 Å². The van der Waals surface area contributed by atoms with Gasteiger partial charge in [-0.05, 0) is 44.2 Å². The lowest BCUT2D eigenvalue weighted by Gasteiger charge is -2.27. The third-order valence-corrected chi connectivity index (χ3v) is 6.29. The van der Waals surface area contributed by atoms with Gasteiger partial charge in [0.05, 0.1) is 6.54 Å². The molecule has 1 aromatic rings. The highest BCUT2D eigenvalue weighted by Crippen LogP contribution is 2.24. The highest BCUT2D eigenvalue weighted by Gasteiger charge is 2.31. The van der Waals surface area contributed by atoms with Crippen molar-refractivity contribution in [1.29, 1.82) is 0 Å². The number of ether oxygens (including phenoxy) is 1. The van der Waals surface area contributed by atoms with E-state index >= 15 is 0 Å². The molecule has 0 bridgehead atoms. The van der Waals surface area contributed by atoms with Crippen molar-refractivity contribution in [2.45, 2.75) is 69.9 Å². The third kappa shape index (κ3) is 5.00. The monoisotopic (exact) mass is 400 g/mol. The first kappa shape index (κ1) is 20.0. The average molecular weight is 401 g/mol. The van der Waals surface area contributed by atoms with Gasteiger partial charge in [0, 0.05) is 38.3 Å². The van der Waals surface area contributed by atoms with Crippen LogP contribution in [0.15, 0.2) is 18.3 Å². The molecule has 0 spiro atoms. The molecule has 7 nitrogen and oxygen atoms in total. The number of urea groups is 1. The number of amides is 3. The van der Waals surface area contributed by atoms with Gasteiger partial charge in [0.15, 0.2) is 0 Å². The van der Waals surface area contributed by atoms with E-state index in [-0.39, 0.29) is 18.0 Å². The molecule has 1 aliphatic carbocycles. The second-order valence-electron chi connectivity index (χ2n) is 8.47.